The lowest BCUT2D eigenvalue weighted by Crippen LogP contribution is -2.15. The molecule has 106 valence electrons. The zero-order chi connectivity index (χ0) is 14.9. The Morgan fingerprint density at radius 3 is 2.25 bits per heavy atom. The van der Waals surface area contributed by atoms with Crippen molar-refractivity contribution in [2.75, 3.05) is 10.5 Å². The van der Waals surface area contributed by atoms with E-state index in [2.05, 4.69) is 4.72 Å². The lowest BCUT2D eigenvalue weighted by molar-refractivity contribution is 0.595. The average Bonchev–Trinajstić information content (AvgIpc) is 2.33. The predicted octanol–water partition coefficient (Wildman–Crippen LogP) is 2.83. The fourth-order valence-corrected chi connectivity index (χ4v) is 3.18. The van der Waals surface area contributed by atoms with Gasteiger partial charge in [0.05, 0.1) is 10.6 Å². The van der Waals surface area contributed by atoms with E-state index in [1.54, 1.807) is 26.0 Å². The summed E-state index contributed by atoms with van der Waals surface area (Å²) in [7, 11) is -3.87. The van der Waals surface area contributed by atoms with Crippen molar-refractivity contribution in [1.29, 1.82) is 0 Å². The summed E-state index contributed by atoms with van der Waals surface area (Å²) >= 11 is 0. The highest BCUT2D eigenvalue weighted by Gasteiger charge is 2.17. The Morgan fingerprint density at radius 2 is 1.70 bits per heavy atom. The molecule has 20 heavy (non-hydrogen) atoms. The molecule has 2 aromatic rings. The Bertz CT molecular complexity index is 717. The van der Waals surface area contributed by atoms with Crippen LogP contribution in [0.4, 0.5) is 15.8 Å². The second-order valence-corrected chi connectivity index (χ2v) is 6.27. The third-order valence-corrected chi connectivity index (χ3v) is 4.25. The van der Waals surface area contributed by atoms with Crippen molar-refractivity contribution in [2.45, 2.75) is 18.7 Å². The standard InChI is InChI=1S/C14H15FN2O2S/c1-9-4-3-5-10(2)14(9)17-20(18,19)13-7-11(15)6-12(16)8-13/h3-8,17H,16H2,1-2H3. The summed E-state index contributed by atoms with van der Waals surface area (Å²) < 4.78 is 40.3. The van der Waals surface area contributed by atoms with Crippen LogP contribution in [0.5, 0.6) is 0 Å². The van der Waals surface area contributed by atoms with Gasteiger partial charge >= 0.3 is 0 Å². The maximum Gasteiger partial charge on any atom is 0.262 e. The first kappa shape index (κ1) is 14.3. The van der Waals surface area contributed by atoms with Gasteiger partial charge in [-0.15, -0.1) is 0 Å². The fourth-order valence-electron chi connectivity index (χ4n) is 1.91. The normalized spacial score (nSPS) is 11.3. The van der Waals surface area contributed by atoms with Gasteiger partial charge in [-0.05, 0) is 43.2 Å². The zero-order valence-electron chi connectivity index (χ0n) is 11.1. The number of benzene rings is 2. The monoisotopic (exact) mass is 294 g/mol. The van der Waals surface area contributed by atoms with Gasteiger partial charge < -0.3 is 5.73 Å². The number of nitrogen functional groups attached to an aromatic ring is 1. The minimum atomic E-state index is -3.87. The van der Waals surface area contributed by atoms with Gasteiger partial charge in [-0.25, -0.2) is 12.8 Å². The maximum absolute atomic E-state index is 13.3. The molecule has 0 heterocycles. The Balaban J connectivity index is 2.46. The number of nitrogens with one attached hydrogen (secondary N) is 1. The van der Waals surface area contributed by atoms with Crippen LogP contribution in [0.25, 0.3) is 0 Å². The van der Waals surface area contributed by atoms with Crippen LogP contribution in [0.1, 0.15) is 11.1 Å². The maximum atomic E-state index is 13.3. The summed E-state index contributed by atoms with van der Waals surface area (Å²) in [5, 5.41) is 0. The highest BCUT2D eigenvalue weighted by molar-refractivity contribution is 7.92. The van der Waals surface area contributed by atoms with E-state index in [0.29, 0.717) is 5.69 Å². The Morgan fingerprint density at radius 1 is 1.10 bits per heavy atom. The third-order valence-electron chi connectivity index (χ3n) is 2.92. The van der Waals surface area contributed by atoms with E-state index in [1.807, 2.05) is 6.07 Å². The number of sulfonamides is 1. The van der Waals surface area contributed by atoms with E-state index in [0.717, 1.165) is 23.3 Å². The molecule has 0 unspecified atom stereocenters. The number of hydrogen-bond donors (Lipinski definition) is 2. The van der Waals surface area contributed by atoms with Crippen LogP contribution in [0.3, 0.4) is 0 Å². The fraction of sp³-hybridized carbons (Fsp3) is 0.143. The SMILES string of the molecule is Cc1cccc(C)c1NS(=O)(=O)c1cc(N)cc(F)c1. The Kier molecular flexibility index (Phi) is 3.67. The molecular weight excluding hydrogens is 279 g/mol. The predicted molar refractivity (Wildman–Crippen MR) is 77.5 cm³/mol. The van der Waals surface area contributed by atoms with E-state index in [4.69, 9.17) is 5.73 Å². The number of para-hydroxylation sites is 1. The molecule has 0 radical (unpaired) electrons. The number of anilines is 2. The van der Waals surface area contributed by atoms with Gasteiger partial charge in [0, 0.05) is 5.69 Å². The van der Waals surface area contributed by atoms with Gasteiger partial charge in [-0.2, -0.15) is 0 Å². The van der Waals surface area contributed by atoms with Crippen LogP contribution in [-0.4, -0.2) is 8.42 Å². The minimum absolute atomic E-state index is 0.0619. The topological polar surface area (TPSA) is 72.2 Å². The van der Waals surface area contributed by atoms with E-state index in [9.17, 15) is 12.8 Å². The molecule has 0 bridgehead atoms. The van der Waals surface area contributed by atoms with Crippen molar-refractivity contribution < 1.29 is 12.8 Å². The molecular formula is C14H15FN2O2S. The van der Waals surface area contributed by atoms with E-state index in [1.165, 1.54) is 6.07 Å². The van der Waals surface area contributed by atoms with Gasteiger partial charge in [0.15, 0.2) is 0 Å². The molecule has 6 heteroatoms. The Hall–Kier alpha value is -2.08. The highest BCUT2D eigenvalue weighted by Crippen LogP contribution is 2.24. The minimum Gasteiger partial charge on any atom is -0.399 e. The third kappa shape index (κ3) is 2.91. The summed E-state index contributed by atoms with van der Waals surface area (Å²) in [5.41, 5.74) is 7.61. The number of hydrogen-bond acceptors (Lipinski definition) is 3. The zero-order valence-corrected chi connectivity index (χ0v) is 12.0. The van der Waals surface area contributed by atoms with Crippen molar-refractivity contribution in [3.05, 3.63) is 53.3 Å². The average molecular weight is 294 g/mol. The van der Waals surface area contributed by atoms with Crippen LogP contribution in [0.15, 0.2) is 41.3 Å². The lowest BCUT2D eigenvalue weighted by Gasteiger charge is -2.13. The van der Waals surface area contributed by atoms with E-state index >= 15 is 0 Å². The number of aryl methyl sites for hydroxylation is 2. The van der Waals surface area contributed by atoms with Crippen molar-refractivity contribution in [3.8, 4) is 0 Å². The van der Waals surface area contributed by atoms with Crippen LogP contribution >= 0.6 is 0 Å². The molecule has 0 saturated heterocycles. The van der Waals surface area contributed by atoms with Gasteiger partial charge in [0.1, 0.15) is 5.82 Å². The van der Waals surface area contributed by atoms with Crippen LogP contribution < -0.4 is 10.5 Å². The molecule has 0 saturated carbocycles. The molecule has 2 rings (SSSR count). The van der Waals surface area contributed by atoms with Crippen molar-refractivity contribution >= 4 is 21.4 Å². The molecule has 0 aliphatic rings. The lowest BCUT2D eigenvalue weighted by atomic mass is 10.1. The van der Waals surface area contributed by atoms with Crippen LogP contribution in [0, 0.1) is 19.7 Å². The summed E-state index contributed by atoms with van der Waals surface area (Å²) in [6, 6.07) is 8.65. The van der Waals surface area contributed by atoms with Crippen molar-refractivity contribution in [3.63, 3.8) is 0 Å². The van der Waals surface area contributed by atoms with Gasteiger partial charge in [-0.1, -0.05) is 18.2 Å². The van der Waals surface area contributed by atoms with Crippen LogP contribution in [-0.2, 0) is 10.0 Å². The second kappa shape index (κ2) is 5.13. The summed E-state index contributed by atoms with van der Waals surface area (Å²) in [6.45, 7) is 3.59. The molecule has 3 N–H and O–H groups in total. The molecule has 0 spiro atoms. The summed E-state index contributed by atoms with van der Waals surface area (Å²) in [5.74, 6) is -0.688. The largest absolute Gasteiger partial charge is 0.399 e. The van der Waals surface area contributed by atoms with Gasteiger partial charge in [-0.3, -0.25) is 4.72 Å². The second-order valence-electron chi connectivity index (χ2n) is 4.59. The first-order chi connectivity index (χ1) is 9.29. The van der Waals surface area contributed by atoms with Gasteiger partial charge in [0.2, 0.25) is 0 Å². The summed E-state index contributed by atoms with van der Waals surface area (Å²) in [6.07, 6.45) is 0. The Labute approximate surface area is 117 Å². The smallest absolute Gasteiger partial charge is 0.262 e. The molecule has 0 aliphatic carbocycles. The van der Waals surface area contributed by atoms with Crippen molar-refractivity contribution in [1.82, 2.24) is 0 Å². The molecule has 2 aromatic carbocycles. The van der Waals surface area contributed by atoms with Crippen LogP contribution in [0.2, 0.25) is 0 Å². The molecule has 0 amide bonds. The molecule has 4 nitrogen and oxygen atoms in total. The molecule has 0 fully saturated rings. The quantitative estimate of drug-likeness (QED) is 0.855. The van der Waals surface area contributed by atoms with Crippen molar-refractivity contribution in [2.24, 2.45) is 0 Å². The first-order valence-corrected chi connectivity index (χ1v) is 7.43. The van der Waals surface area contributed by atoms with E-state index < -0.39 is 15.8 Å². The molecule has 0 aliphatic heterocycles. The summed E-state index contributed by atoms with van der Waals surface area (Å²) in [4.78, 5) is -0.197. The van der Waals surface area contributed by atoms with E-state index in [-0.39, 0.29) is 10.6 Å². The number of rotatable bonds is 3. The molecule has 0 atom stereocenters. The number of nitrogens with two attached hydrogens (primary N) is 1. The number of halogens is 1. The first-order valence-electron chi connectivity index (χ1n) is 5.95. The van der Waals surface area contributed by atoms with Gasteiger partial charge in [0.25, 0.3) is 10.0 Å². The molecule has 0 aromatic heterocycles. The highest BCUT2D eigenvalue weighted by atomic mass is 32.2.